The molecule has 2 aromatic heterocycles. The lowest BCUT2D eigenvalue weighted by atomic mass is 10.1. The van der Waals surface area contributed by atoms with Gasteiger partial charge >= 0.3 is 0 Å². The highest BCUT2D eigenvalue weighted by atomic mass is 16.3. The van der Waals surface area contributed by atoms with Gasteiger partial charge < -0.3 is 14.4 Å². The van der Waals surface area contributed by atoms with Gasteiger partial charge in [-0.15, -0.1) is 0 Å². The van der Waals surface area contributed by atoms with Crippen molar-refractivity contribution in [1.29, 1.82) is 0 Å². The van der Waals surface area contributed by atoms with Gasteiger partial charge in [-0.25, -0.2) is 0 Å². The Kier molecular flexibility index (Phi) is 5.03. The molecule has 5 heteroatoms. The van der Waals surface area contributed by atoms with E-state index in [9.17, 15) is 9.90 Å². The summed E-state index contributed by atoms with van der Waals surface area (Å²) in [6.45, 7) is 0.627. The van der Waals surface area contributed by atoms with Crippen LogP contribution in [0.4, 0.5) is 0 Å². The first-order valence-corrected chi connectivity index (χ1v) is 7.67. The van der Waals surface area contributed by atoms with E-state index >= 15 is 0 Å². The Labute approximate surface area is 140 Å². The summed E-state index contributed by atoms with van der Waals surface area (Å²) >= 11 is 0. The molecule has 3 aromatic rings. The number of aliphatic hydroxyl groups is 1. The van der Waals surface area contributed by atoms with E-state index in [2.05, 4.69) is 4.98 Å². The minimum Gasteiger partial charge on any atom is -0.467 e. The largest absolute Gasteiger partial charge is 0.467 e. The highest BCUT2D eigenvalue weighted by Gasteiger charge is 2.24. The number of pyridine rings is 1. The molecule has 0 fully saturated rings. The van der Waals surface area contributed by atoms with Crippen LogP contribution in [0.1, 0.15) is 23.0 Å². The minimum atomic E-state index is -1.21. The Morgan fingerprint density at radius 2 is 1.92 bits per heavy atom. The van der Waals surface area contributed by atoms with Crippen LogP contribution in [0.25, 0.3) is 0 Å². The first-order chi connectivity index (χ1) is 11.7. The third-order valence-corrected chi connectivity index (χ3v) is 3.68. The molecule has 0 radical (unpaired) electrons. The summed E-state index contributed by atoms with van der Waals surface area (Å²) in [4.78, 5) is 18.4. The molecule has 1 atom stereocenters. The van der Waals surface area contributed by atoms with Crippen LogP contribution in [0.2, 0.25) is 0 Å². The molecule has 0 aliphatic heterocycles. The number of rotatable bonds is 6. The molecule has 0 aliphatic rings. The highest BCUT2D eigenvalue weighted by molar-refractivity contribution is 5.82. The van der Waals surface area contributed by atoms with Gasteiger partial charge in [0.25, 0.3) is 5.91 Å². The van der Waals surface area contributed by atoms with Crippen molar-refractivity contribution in [3.8, 4) is 0 Å². The number of aliphatic hydroxyl groups excluding tert-OH is 1. The SMILES string of the molecule is O=C(C(O)c1ccccc1)N(Cc1cccnc1)Cc1ccco1. The number of hydrogen-bond donors (Lipinski definition) is 1. The summed E-state index contributed by atoms with van der Waals surface area (Å²) in [7, 11) is 0. The van der Waals surface area contributed by atoms with E-state index < -0.39 is 6.10 Å². The molecule has 1 aromatic carbocycles. The van der Waals surface area contributed by atoms with E-state index in [4.69, 9.17) is 4.42 Å². The van der Waals surface area contributed by atoms with E-state index in [0.29, 0.717) is 17.9 Å². The molecular formula is C19H18N2O3. The number of carbonyl (C=O) groups excluding carboxylic acids is 1. The highest BCUT2D eigenvalue weighted by Crippen LogP contribution is 2.19. The number of aromatic nitrogens is 1. The van der Waals surface area contributed by atoms with Crippen LogP contribution in [-0.2, 0) is 17.9 Å². The second-order valence-corrected chi connectivity index (χ2v) is 5.45. The summed E-state index contributed by atoms with van der Waals surface area (Å²) in [6.07, 6.45) is 3.74. The maximum absolute atomic E-state index is 12.8. The van der Waals surface area contributed by atoms with Crippen molar-refractivity contribution in [3.05, 3.63) is 90.1 Å². The van der Waals surface area contributed by atoms with Crippen LogP contribution in [0.3, 0.4) is 0 Å². The van der Waals surface area contributed by atoms with Crippen molar-refractivity contribution in [2.45, 2.75) is 19.2 Å². The average molecular weight is 322 g/mol. The van der Waals surface area contributed by atoms with Gasteiger partial charge in [0.1, 0.15) is 5.76 Å². The number of amides is 1. The van der Waals surface area contributed by atoms with Crippen molar-refractivity contribution >= 4 is 5.91 Å². The van der Waals surface area contributed by atoms with E-state index in [0.717, 1.165) is 5.56 Å². The average Bonchev–Trinajstić information content (AvgIpc) is 3.15. The summed E-state index contributed by atoms with van der Waals surface area (Å²) in [5, 5.41) is 10.4. The van der Waals surface area contributed by atoms with Crippen LogP contribution in [0.5, 0.6) is 0 Å². The Balaban J connectivity index is 1.81. The Hall–Kier alpha value is -2.92. The zero-order valence-electron chi connectivity index (χ0n) is 13.1. The lowest BCUT2D eigenvalue weighted by Gasteiger charge is -2.24. The summed E-state index contributed by atoms with van der Waals surface area (Å²) in [5.74, 6) is 0.286. The van der Waals surface area contributed by atoms with E-state index in [1.807, 2.05) is 18.2 Å². The Bertz CT molecular complexity index is 758. The van der Waals surface area contributed by atoms with E-state index in [1.165, 1.54) is 0 Å². The van der Waals surface area contributed by atoms with Gasteiger partial charge in [0, 0.05) is 18.9 Å². The number of furan rings is 1. The van der Waals surface area contributed by atoms with Crippen molar-refractivity contribution in [3.63, 3.8) is 0 Å². The third-order valence-electron chi connectivity index (χ3n) is 3.68. The zero-order valence-corrected chi connectivity index (χ0v) is 13.1. The topological polar surface area (TPSA) is 66.6 Å². The zero-order chi connectivity index (χ0) is 16.8. The molecule has 0 saturated carbocycles. The molecule has 24 heavy (non-hydrogen) atoms. The number of nitrogens with zero attached hydrogens (tertiary/aromatic N) is 2. The number of benzene rings is 1. The van der Waals surface area contributed by atoms with Crippen molar-refractivity contribution in [2.24, 2.45) is 0 Å². The number of carbonyl (C=O) groups is 1. The van der Waals surface area contributed by atoms with Crippen LogP contribution in [-0.4, -0.2) is 20.9 Å². The molecule has 1 amide bonds. The van der Waals surface area contributed by atoms with Crippen molar-refractivity contribution in [1.82, 2.24) is 9.88 Å². The van der Waals surface area contributed by atoms with Gasteiger partial charge in [-0.05, 0) is 29.3 Å². The van der Waals surface area contributed by atoms with E-state index in [-0.39, 0.29) is 12.5 Å². The van der Waals surface area contributed by atoms with Crippen LogP contribution in [0.15, 0.2) is 77.7 Å². The molecule has 0 saturated heterocycles. The summed E-state index contributed by atoms with van der Waals surface area (Å²) in [6, 6.07) is 16.2. The van der Waals surface area contributed by atoms with Gasteiger partial charge in [-0.1, -0.05) is 36.4 Å². The Morgan fingerprint density at radius 3 is 2.58 bits per heavy atom. The predicted octanol–water partition coefficient (Wildman–Crippen LogP) is 2.94. The maximum atomic E-state index is 12.8. The normalized spacial score (nSPS) is 11.9. The lowest BCUT2D eigenvalue weighted by Crippen LogP contribution is -2.34. The van der Waals surface area contributed by atoms with E-state index in [1.54, 1.807) is 60.0 Å². The molecule has 122 valence electrons. The second-order valence-electron chi connectivity index (χ2n) is 5.45. The van der Waals surface area contributed by atoms with Gasteiger partial charge in [-0.2, -0.15) is 0 Å². The first kappa shape index (κ1) is 16.0. The molecule has 0 spiro atoms. The van der Waals surface area contributed by atoms with Gasteiger partial charge in [0.05, 0.1) is 12.8 Å². The van der Waals surface area contributed by atoms with Gasteiger partial charge in [-0.3, -0.25) is 9.78 Å². The van der Waals surface area contributed by atoms with Crippen LogP contribution in [0, 0.1) is 0 Å². The fourth-order valence-corrected chi connectivity index (χ4v) is 2.47. The second kappa shape index (κ2) is 7.57. The standard InChI is InChI=1S/C19H18N2O3/c22-18(16-7-2-1-3-8-16)19(23)21(14-17-9-5-11-24-17)13-15-6-4-10-20-12-15/h1-12,18,22H,13-14H2. The maximum Gasteiger partial charge on any atom is 0.256 e. The van der Waals surface area contributed by atoms with Crippen LogP contribution >= 0.6 is 0 Å². The van der Waals surface area contributed by atoms with Gasteiger partial charge in [0.2, 0.25) is 0 Å². The van der Waals surface area contributed by atoms with Gasteiger partial charge in [0.15, 0.2) is 6.10 Å². The number of hydrogen-bond acceptors (Lipinski definition) is 4. The smallest absolute Gasteiger partial charge is 0.256 e. The molecule has 1 unspecified atom stereocenters. The lowest BCUT2D eigenvalue weighted by molar-refractivity contribution is -0.142. The van der Waals surface area contributed by atoms with Crippen LogP contribution < -0.4 is 0 Å². The molecular weight excluding hydrogens is 304 g/mol. The minimum absolute atomic E-state index is 0.282. The predicted molar refractivity (Wildman–Crippen MR) is 88.6 cm³/mol. The van der Waals surface area contributed by atoms with Crippen molar-refractivity contribution < 1.29 is 14.3 Å². The third kappa shape index (κ3) is 3.88. The molecule has 5 nitrogen and oxygen atoms in total. The summed E-state index contributed by atoms with van der Waals surface area (Å²) in [5.41, 5.74) is 1.45. The molecule has 1 N–H and O–H groups in total. The fourth-order valence-electron chi connectivity index (χ4n) is 2.47. The first-order valence-electron chi connectivity index (χ1n) is 7.67. The molecule has 0 bridgehead atoms. The monoisotopic (exact) mass is 322 g/mol. The molecule has 0 aliphatic carbocycles. The van der Waals surface area contributed by atoms with Crippen molar-refractivity contribution in [2.75, 3.05) is 0 Å². The summed E-state index contributed by atoms with van der Waals surface area (Å²) < 4.78 is 5.35. The Morgan fingerprint density at radius 1 is 1.08 bits per heavy atom. The quantitative estimate of drug-likeness (QED) is 0.758. The fraction of sp³-hybridized carbons (Fsp3) is 0.158. The molecule has 2 heterocycles. The molecule has 3 rings (SSSR count).